The molecular weight excluding hydrogens is 264 g/mol. The predicted molar refractivity (Wildman–Crippen MR) is 85.1 cm³/mol. The maximum Gasteiger partial charge on any atom is 0.223 e. The second kappa shape index (κ2) is 7.34. The van der Waals surface area contributed by atoms with Crippen molar-refractivity contribution in [3.8, 4) is 5.75 Å². The van der Waals surface area contributed by atoms with Crippen LogP contribution in [0.3, 0.4) is 0 Å². The third-order valence-corrected chi connectivity index (χ3v) is 4.42. The van der Waals surface area contributed by atoms with Gasteiger partial charge in [-0.15, -0.1) is 0 Å². The van der Waals surface area contributed by atoms with Gasteiger partial charge in [-0.3, -0.25) is 4.79 Å². The Labute approximate surface area is 127 Å². The first kappa shape index (κ1) is 15.7. The number of carbonyl (C=O) groups is 1. The molecule has 1 aromatic carbocycles. The van der Waals surface area contributed by atoms with Crippen LogP contribution in [-0.4, -0.2) is 18.6 Å². The zero-order chi connectivity index (χ0) is 15.2. The van der Waals surface area contributed by atoms with Gasteiger partial charge in [-0.05, 0) is 43.2 Å². The fraction of sp³-hybridized carbons (Fsp3) is 0.588. The smallest absolute Gasteiger partial charge is 0.223 e. The van der Waals surface area contributed by atoms with Gasteiger partial charge in [0.25, 0.3) is 0 Å². The van der Waals surface area contributed by atoms with Crippen molar-refractivity contribution in [3.63, 3.8) is 0 Å². The van der Waals surface area contributed by atoms with Gasteiger partial charge in [-0.2, -0.15) is 0 Å². The summed E-state index contributed by atoms with van der Waals surface area (Å²) in [4.78, 5) is 11.9. The van der Waals surface area contributed by atoms with Crippen LogP contribution >= 0.6 is 0 Å². The molecule has 3 unspecified atom stereocenters. The molecule has 1 fully saturated rings. The van der Waals surface area contributed by atoms with E-state index in [4.69, 9.17) is 10.5 Å². The summed E-state index contributed by atoms with van der Waals surface area (Å²) in [5.74, 6) is 2.24. The van der Waals surface area contributed by atoms with Crippen molar-refractivity contribution >= 4 is 11.6 Å². The van der Waals surface area contributed by atoms with Crippen LogP contribution in [0, 0.1) is 11.8 Å². The Morgan fingerprint density at radius 1 is 1.33 bits per heavy atom. The summed E-state index contributed by atoms with van der Waals surface area (Å²) in [6.45, 7) is 4.95. The summed E-state index contributed by atoms with van der Waals surface area (Å²) in [6, 6.07) is 7.59. The normalized spacial score (nSPS) is 25.3. The average molecular weight is 290 g/mol. The number of hydrogen-bond acceptors (Lipinski definition) is 3. The molecule has 0 saturated heterocycles. The highest BCUT2D eigenvalue weighted by Crippen LogP contribution is 2.29. The Morgan fingerprint density at radius 2 is 2.14 bits per heavy atom. The van der Waals surface area contributed by atoms with Crippen LogP contribution in [0.15, 0.2) is 24.3 Å². The molecule has 1 aliphatic carbocycles. The van der Waals surface area contributed by atoms with Crippen molar-refractivity contribution in [2.24, 2.45) is 11.8 Å². The Hall–Kier alpha value is -1.71. The monoisotopic (exact) mass is 290 g/mol. The number of hydrogen-bond donors (Lipinski definition) is 2. The van der Waals surface area contributed by atoms with Gasteiger partial charge in [-0.1, -0.05) is 19.9 Å². The van der Waals surface area contributed by atoms with Gasteiger partial charge in [0.05, 0.1) is 13.0 Å². The molecule has 0 aliphatic heterocycles. The highest BCUT2D eigenvalue weighted by Gasteiger charge is 2.25. The van der Waals surface area contributed by atoms with Gasteiger partial charge in [0, 0.05) is 17.8 Å². The number of ether oxygens (including phenoxy) is 1. The fourth-order valence-corrected chi connectivity index (χ4v) is 2.84. The van der Waals surface area contributed by atoms with Gasteiger partial charge >= 0.3 is 0 Å². The van der Waals surface area contributed by atoms with Crippen LogP contribution in [-0.2, 0) is 4.79 Å². The Morgan fingerprint density at radius 3 is 2.86 bits per heavy atom. The zero-order valence-corrected chi connectivity index (χ0v) is 13.0. The standard InChI is InChI=1S/C17H26N2O2/c1-12-6-7-15(10-13(12)2)19-17(20)8-9-21-16-5-3-4-14(18)11-16/h3-5,11-13,15H,6-10,18H2,1-2H3,(H,19,20). The summed E-state index contributed by atoms with van der Waals surface area (Å²) in [7, 11) is 0. The molecule has 0 spiro atoms. The van der Waals surface area contributed by atoms with E-state index < -0.39 is 0 Å². The maximum atomic E-state index is 11.9. The number of amides is 1. The van der Waals surface area contributed by atoms with Crippen LogP contribution in [0.1, 0.15) is 39.5 Å². The Kier molecular flexibility index (Phi) is 5.48. The molecule has 2 rings (SSSR count). The molecule has 0 bridgehead atoms. The van der Waals surface area contributed by atoms with E-state index in [1.807, 2.05) is 18.2 Å². The van der Waals surface area contributed by atoms with E-state index in [2.05, 4.69) is 19.2 Å². The third-order valence-electron chi connectivity index (χ3n) is 4.42. The number of anilines is 1. The van der Waals surface area contributed by atoms with Crippen molar-refractivity contribution in [1.82, 2.24) is 5.32 Å². The number of nitrogen functional groups attached to an aromatic ring is 1. The Bertz CT molecular complexity index is 476. The molecule has 0 aromatic heterocycles. The summed E-state index contributed by atoms with van der Waals surface area (Å²) >= 11 is 0. The van der Waals surface area contributed by atoms with Crippen molar-refractivity contribution in [2.75, 3.05) is 12.3 Å². The van der Waals surface area contributed by atoms with E-state index >= 15 is 0 Å². The SMILES string of the molecule is CC1CCC(NC(=O)CCOc2cccc(N)c2)CC1C. The van der Waals surface area contributed by atoms with Crippen LogP contribution in [0.4, 0.5) is 5.69 Å². The minimum atomic E-state index is 0.0747. The molecule has 1 amide bonds. The van der Waals surface area contributed by atoms with E-state index in [9.17, 15) is 4.79 Å². The first-order valence-corrected chi connectivity index (χ1v) is 7.82. The quantitative estimate of drug-likeness (QED) is 0.819. The summed E-state index contributed by atoms with van der Waals surface area (Å²) < 4.78 is 5.54. The molecule has 1 aromatic rings. The van der Waals surface area contributed by atoms with Gasteiger partial charge in [0.2, 0.25) is 5.91 Å². The van der Waals surface area contributed by atoms with E-state index in [-0.39, 0.29) is 5.91 Å². The topological polar surface area (TPSA) is 64.3 Å². The molecule has 4 nitrogen and oxygen atoms in total. The summed E-state index contributed by atoms with van der Waals surface area (Å²) in [6.07, 6.45) is 3.76. The molecule has 21 heavy (non-hydrogen) atoms. The van der Waals surface area contributed by atoms with Crippen molar-refractivity contribution in [1.29, 1.82) is 0 Å². The fourth-order valence-electron chi connectivity index (χ4n) is 2.84. The lowest BCUT2D eigenvalue weighted by atomic mass is 9.79. The first-order chi connectivity index (χ1) is 10.0. The maximum absolute atomic E-state index is 11.9. The van der Waals surface area contributed by atoms with E-state index in [0.29, 0.717) is 36.4 Å². The van der Waals surface area contributed by atoms with Crippen molar-refractivity contribution in [2.45, 2.75) is 45.6 Å². The molecule has 1 aliphatic rings. The highest BCUT2D eigenvalue weighted by molar-refractivity contribution is 5.76. The van der Waals surface area contributed by atoms with Crippen molar-refractivity contribution in [3.05, 3.63) is 24.3 Å². The number of nitrogens with two attached hydrogens (primary N) is 1. The average Bonchev–Trinajstić information content (AvgIpc) is 2.43. The summed E-state index contributed by atoms with van der Waals surface area (Å²) in [5.41, 5.74) is 6.35. The Balaban J connectivity index is 1.68. The molecular formula is C17H26N2O2. The minimum Gasteiger partial charge on any atom is -0.493 e. The molecule has 0 heterocycles. The predicted octanol–water partition coefficient (Wildman–Crippen LogP) is 2.98. The highest BCUT2D eigenvalue weighted by atomic mass is 16.5. The van der Waals surface area contributed by atoms with Gasteiger partial charge in [0.15, 0.2) is 0 Å². The van der Waals surface area contributed by atoms with Gasteiger partial charge in [-0.25, -0.2) is 0 Å². The molecule has 116 valence electrons. The second-order valence-corrected chi connectivity index (χ2v) is 6.20. The second-order valence-electron chi connectivity index (χ2n) is 6.20. The van der Waals surface area contributed by atoms with E-state index in [1.54, 1.807) is 6.07 Å². The van der Waals surface area contributed by atoms with E-state index in [1.165, 1.54) is 6.42 Å². The summed E-state index contributed by atoms with van der Waals surface area (Å²) in [5, 5.41) is 3.12. The van der Waals surface area contributed by atoms with Crippen LogP contribution < -0.4 is 15.8 Å². The first-order valence-electron chi connectivity index (χ1n) is 7.82. The number of rotatable bonds is 5. The van der Waals surface area contributed by atoms with Crippen LogP contribution in [0.5, 0.6) is 5.75 Å². The van der Waals surface area contributed by atoms with Crippen molar-refractivity contribution < 1.29 is 9.53 Å². The lowest BCUT2D eigenvalue weighted by Gasteiger charge is -2.32. The molecule has 3 N–H and O–H groups in total. The molecule has 4 heteroatoms. The lowest BCUT2D eigenvalue weighted by Crippen LogP contribution is -2.40. The molecule has 0 radical (unpaired) electrons. The zero-order valence-electron chi connectivity index (χ0n) is 13.0. The number of nitrogens with one attached hydrogen (secondary N) is 1. The van der Waals surface area contributed by atoms with Crippen LogP contribution in [0.2, 0.25) is 0 Å². The molecule has 3 atom stereocenters. The number of carbonyl (C=O) groups excluding carboxylic acids is 1. The third kappa shape index (κ3) is 4.96. The lowest BCUT2D eigenvalue weighted by molar-refractivity contribution is -0.122. The minimum absolute atomic E-state index is 0.0747. The van der Waals surface area contributed by atoms with E-state index in [0.717, 1.165) is 18.8 Å². The van der Waals surface area contributed by atoms with Gasteiger partial charge < -0.3 is 15.8 Å². The number of benzene rings is 1. The van der Waals surface area contributed by atoms with Gasteiger partial charge in [0.1, 0.15) is 5.75 Å². The largest absolute Gasteiger partial charge is 0.493 e. The molecule has 1 saturated carbocycles. The van der Waals surface area contributed by atoms with Crippen LogP contribution in [0.25, 0.3) is 0 Å².